The number of imidazole rings is 1. The van der Waals surface area contributed by atoms with Crippen molar-refractivity contribution in [1.29, 1.82) is 0 Å². The molecule has 0 atom stereocenters. The number of hydrogen-bond donors (Lipinski definition) is 1. The lowest BCUT2D eigenvalue weighted by atomic mass is 10.1. The maximum absolute atomic E-state index is 9.80. The van der Waals surface area contributed by atoms with Crippen LogP contribution in [0.25, 0.3) is 11.0 Å². The lowest BCUT2D eigenvalue weighted by Gasteiger charge is -2.31. The van der Waals surface area contributed by atoms with Crippen LogP contribution >= 0.6 is 23.2 Å². The second kappa shape index (κ2) is 6.87. The van der Waals surface area contributed by atoms with Crippen molar-refractivity contribution >= 4 is 40.2 Å². The Bertz CT molecular complexity index is 901. The third kappa shape index (κ3) is 3.34. The molecule has 1 aromatic heterocycles. The average Bonchev–Trinajstić information content (AvgIpc) is 2.97. The fraction of sp³-hybridized carbons (Fsp3) is 0.316. The Morgan fingerprint density at radius 2 is 1.84 bits per heavy atom. The molecular weight excluding hydrogens is 357 g/mol. The number of aliphatic hydroxyl groups excluding tert-OH is 1. The highest BCUT2D eigenvalue weighted by Crippen LogP contribution is 2.29. The van der Waals surface area contributed by atoms with Crippen LogP contribution < -0.4 is 4.90 Å². The van der Waals surface area contributed by atoms with Crippen LogP contribution in [0.2, 0.25) is 10.0 Å². The molecule has 1 saturated heterocycles. The van der Waals surface area contributed by atoms with Gasteiger partial charge < -0.3 is 14.6 Å². The highest BCUT2D eigenvalue weighted by atomic mass is 35.5. The number of nitrogens with zero attached hydrogens (tertiary/aromatic N) is 3. The Balaban J connectivity index is 1.76. The lowest BCUT2D eigenvalue weighted by molar-refractivity contribution is 0.145. The first-order valence-corrected chi connectivity index (χ1v) is 9.19. The number of benzene rings is 2. The van der Waals surface area contributed by atoms with Gasteiger partial charge in [0, 0.05) is 23.1 Å². The zero-order chi connectivity index (χ0) is 17.4. The van der Waals surface area contributed by atoms with Crippen molar-refractivity contribution in [3.05, 3.63) is 58.1 Å². The minimum Gasteiger partial charge on any atom is -0.393 e. The molecule has 1 fully saturated rings. The number of para-hydroxylation sites is 2. The molecule has 4 rings (SSSR count). The van der Waals surface area contributed by atoms with E-state index in [0.29, 0.717) is 16.6 Å². The number of halogens is 2. The number of aliphatic hydroxyl groups is 1. The van der Waals surface area contributed by atoms with E-state index in [-0.39, 0.29) is 6.10 Å². The van der Waals surface area contributed by atoms with Gasteiger partial charge in [-0.05, 0) is 42.7 Å². The minimum atomic E-state index is -0.209. The van der Waals surface area contributed by atoms with Gasteiger partial charge in [-0.15, -0.1) is 0 Å². The van der Waals surface area contributed by atoms with Crippen molar-refractivity contribution in [2.75, 3.05) is 18.0 Å². The van der Waals surface area contributed by atoms with Gasteiger partial charge >= 0.3 is 0 Å². The van der Waals surface area contributed by atoms with E-state index in [0.717, 1.165) is 48.5 Å². The standard InChI is InChI=1S/C19H19Cl2N3O/c20-14-6-5-13(16(21)11-14)12-24-18-4-2-1-3-17(18)22-19(24)23-9-7-15(25)8-10-23/h1-6,11,15,25H,7-10,12H2. The van der Waals surface area contributed by atoms with Crippen molar-refractivity contribution < 1.29 is 5.11 Å². The normalized spacial score (nSPS) is 15.9. The quantitative estimate of drug-likeness (QED) is 0.739. The molecule has 0 saturated carbocycles. The summed E-state index contributed by atoms with van der Waals surface area (Å²) in [6.07, 6.45) is 1.33. The van der Waals surface area contributed by atoms with Gasteiger partial charge in [0.15, 0.2) is 0 Å². The molecule has 4 nitrogen and oxygen atoms in total. The molecule has 0 bridgehead atoms. The van der Waals surface area contributed by atoms with E-state index in [1.165, 1.54) is 0 Å². The van der Waals surface area contributed by atoms with Crippen molar-refractivity contribution in [1.82, 2.24) is 9.55 Å². The van der Waals surface area contributed by atoms with Gasteiger partial charge in [0.2, 0.25) is 5.95 Å². The molecule has 1 aliphatic rings. The highest BCUT2D eigenvalue weighted by molar-refractivity contribution is 6.35. The molecule has 3 aromatic rings. The van der Waals surface area contributed by atoms with Crippen molar-refractivity contribution in [3.8, 4) is 0 Å². The van der Waals surface area contributed by atoms with Gasteiger partial charge in [-0.25, -0.2) is 4.98 Å². The van der Waals surface area contributed by atoms with E-state index in [2.05, 4.69) is 15.5 Å². The summed E-state index contributed by atoms with van der Waals surface area (Å²) >= 11 is 12.4. The lowest BCUT2D eigenvalue weighted by Crippen LogP contribution is -2.37. The second-order valence-corrected chi connectivity index (χ2v) is 7.28. The van der Waals surface area contributed by atoms with E-state index in [9.17, 15) is 5.11 Å². The first-order valence-electron chi connectivity index (χ1n) is 8.44. The van der Waals surface area contributed by atoms with Gasteiger partial charge in [0.1, 0.15) is 0 Å². The van der Waals surface area contributed by atoms with Gasteiger partial charge in [0.05, 0.1) is 23.7 Å². The molecule has 0 aliphatic carbocycles. The van der Waals surface area contributed by atoms with Crippen LogP contribution in [0.15, 0.2) is 42.5 Å². The largest absolute Gasteiger partial charge is 0.393 e. The van der Waals surface area contributed by atoms with Gasteiger partial charge in [-0.2, -0.15) is 0 Å². The van der Waals surface area contributed by atoms with Crippen LogP contribution in [0.3, 0.4) is 0 Å². The maximum atomic E-state index is 9.80. The molecule has 25 heavy (non-hydrogen) atoms. The molecule has 0 amide bonds. The number of fused-ring (bicyclic) bond motifs is 1. The molecule has 0 spiro atoms. The van der Waals surface area contributed by atoms with E-state index in [1.807, 2.05) is 30.3 Å². The topological polar surface area (TPSA) is 41.3 Å². The average molecular weight is 376 g/mol. The summed E-state index contributed by atoms with van der Waals surface area (Å²) in [7, 11) is 0. The van der Waals surface area contributed by atoms with E-state index in [4.69, 9.17) is 28.2 Å². The first kappa shape index (κ1) is 16.7. The molecule has 1 aliphatic heterocycles. The summed E-state index contributed by atoms with van der Waals surface area (Å²) in [5.74, 6) is 0.930. The van der Waals surface area contributed by atoms with Crippen LogP contribution in [-0.4, -0.2) is 33.9 Å². The molecule has 0 radical (unpaired) electrons. The summed E-state index contributed by atoms with van der Waals surface area (Å²) in [4.78, 5) is 7.09. The molecule has 2 aromatic carbocycles. The number of rotatable bonds is 3. The Morgan fingerprint density at radius 1 is 1.08 bits per heavy atom. The van der Waals surface area contributed by atoms with Crippen LogP contribution in [0.5, 0.6) is 0 Å². The highest BCUT2D eigenvalue weighted by Gasteiger charge is 2.22. The number of hydrogen-bond acceptors (Lipinski definition) is 3. The number of aromatic nitrogens is 2. The molecule has 1 N–H and O–H groups in total. The SMILES string of the molecule is OC1CCN(c2nc3ccccc3n2Cc2ccc(Cl)cc2Cl)CC1. The molecule has 130 valence electrons. The van der Waals surface area contributed by atoms with Gasteiger partial charge in [-0.3, -0.25) is 0 Å². The Hall–Kier alpha value is -1.75. The summed E-state index contributed by atoms with van der Waals surface area (Å²) < 4.78 is 2.20. The fourth-order valence-corrected chi connectivity index (χ4v) is 3.81. The fourth-order valence-electron chi connectivity index (χ4n) is 3.35. The monoisotopic (exact) mass is 375 g/mol. The molecular formula is C19H19Cl2N3O. The predicted molar refractivity (Wildman–Crippen MR) is 103 cm³/mol. The van der Waals surface area contributed by atoms with E-state index < -0.39 is 0 Å². The van der Waals surface area contributed by atoms with Crippen molar-refractivity contribution in [2.24, 2.45) is 0 Å². The summed E-state index contributed by atoms with van der Waals surface area (Å²) in [6.45, 7) is 2.24. The van der Waals surface area contributed by atoms with Crippen LogP contribution in [0.4, 0.5) is 5.95 Å². The molecule has 6 heteroatoms. The summed E-state index contributed by atoms with van der Waals surface area (Å²) in [5, 5.41) is 11.1. The Kier molecular flexibility index (Phi) is 4.59. The summed E-state index contributed by atoms with van der Waals surface area (Å²) in [6, 6.07) is 13.7. The zero-order valence-corrected chi connectivity index (χ0v) is 15.2. The first-order chi connectivity index (χ1) is 12.1. The maximum Gasteiger partial charge on any atom is 0.206 e. The predicted octanol–water partition coefficient (Wildman–Crippen LogP) is 4.35. The van der Waals surface area contributed by atoms with Gasteiger partial charge in [-0.1, -0.05) is 41.4 Å². The van der Waals surface area contributed by atoms with Gasteiger partial charge in [0.25, 0.3) is 0 Å². The van der Waals surface area contributed by atoms with Crippen molar-refractivity contribution in [3.63, 3.8) is 0 Å². The van der Waals surface area contributed by atoms with Crippen LogP contribution in [0.1, 0.15) is 18.4 Å². The third-order valence-corrected chi connectivity index (χ3v) is 5.31. The number of anilines is 1. The van der Waals surface area contributed by atoms with Crippen LogP contribution in [-0.2, 0) is 6.54 Å². The zero-order valence-electron chi connectivity index (χ0n) is 13.7. The second-order valence-electron chi connectivity index (χ2n) is 6.44. The van der Waals surface area contributed by atoms with Crippen molar-refractivity contribution in [2.45, 2.75) is 25.5 Å². The molecule has 2 heterocycles. The number of piperidine rings is 1. The smallest absolute Gasteiger partial charge is 0.206 e. The summed E-state index contributed by atoms with van der Waals surface area (Å²) in [5.41, 5.74) is 3.05. The molecule has 0 unspecified atom stereocenters. The Labute approximate surface area is 156 Å². The van der Waals surface area contributed by atoms with E-state index >= 15 is 0 Å². The third-order valence-electron chi connectivity index (χ3n) is 4.73. The minimum absolute atomic E-state index is 0.209. The van der Waals surface area contributed by atoms with E-state index in [1.54, 1.807) is 6.07 Å². The Morgan fingerprint density at radius 3 is 2.60 bits per heavy atom. The van der Waals surface area contributed by atoms with Crippen LogP contribution in [0, 0.1) is 0 Å².